The van der Waals surface area contributed by atoms with E-state index in [2.05, 4.69) is 15.3 Å². The first kappa shape index (κ1) is 14.0. The second-order valence-electron chi connectivity index (χ2n) is 4.46. The predicted molar refractivity (Wildman–Crippen MR) is 78.4 cm³/mol. The van der Waals surface area contributed by atoms with Crippen molar-refractivity contribution < 1.29 is 4.79 Å². The van der Waals surface area contributed by atoms with Gasteiger partial charge in [0, 0.05) is 32.5 Å². The molecule has 0 saturated carbocycles. The van der Waals surface area contributed by atoms with Crippen molar-refractivity contribution in [3.63, 3.8) is 0 Å². The molecule has 0 spiro atoms. The molecule has 0 aromatic carbocycles. The van der Waals surface area contributed by atoms with E-state index in [1.54, 1.807) is 30.4 Å². The molecule has 0 unspecified atom stereocenters. The normalized spacial score (nSPS) is 10.1. The van der Waals surface area contributed by atoms with Gasteiger partial charge in [0.15, 0.2) is 0 Å². The number of carbonyl (C=O) groups excluding carboxylic acids is 1. The third-order valence-corrected chi connectivity index (χ3v) is 2.84. The van der Waals surface area contributed by atoms with E-state index in [9.17, 15) is 4.79 Å². The number of aromatic nitrogens is 2. The third-order valence-electron chi connectivity index (χ3n) is 2.84. The van der Waals surface area contributed by atoms with Crippen molar-refractivity contribution in [3.05, 3.63) is 54.0 Å². The number of nitrogens with one attached hydrogen (secondary N) is 1. The molecule has 0 atom stereocenters. The van der Waals surface area contributed by atoms with Gasteiger partial charge in [0.05, 0.1) is 0 Å². The molecule has 104 valence electrons. The zero-order valence-electron chi connectivity index (χ0n) is 11.7. The van der Waals surface area contributed by atoms with Crippen LogP contribution in [0.4, 0.5) is 5.82 Å². The molecule has 0 fully saturated rings. The molecule has 0 aliphatic heterocycles. The first-order valence-corrected chi connectivity index (χ1v) is 6.56. The first-order chi connectivity index (χ1) is 9.70. The predicted octanol–water partition coefficient (Wildman–Crippen LogP) is 2.18. The Labute approximate surface area is 118 Å². The Hall–Kier alpha value is -2.43. The fraction of sp³-hybridized carbons (Fsp3) is 0.267. The minimum absolute atomic E-state index is 0.0958. The summed E-state index contributed by atoms with van der Waals surface area (Å²) in [6, 6.07) is 9.20. The Bertz CT molecular complexity index is 571. The smallest absolute Gasteiger partial charge is 0.272 e. The average Bonchev–Trinajstić information content (AvgIpc) is 2.48. The summed E-state index contributed by atoms with van der Waals surface area (Å²) in [5.74, 6) is 0.622. The van der Waals surface area contributed by atoms with Crippen LogP contribution < -0.4 is 5.32 Å². The van der Waals surface area contributed by atoms with Gasteiger partial charge in [-0.15, -0.1) is 0 Å². The quantitative estimate of drug-likeness (QED) is 0.904. The highest BCUT2D eigenvalue weighted by molar-refractivity contribution is 5.92. The number of hydrogen-bond acceptors (Lipinski definition) is 4. The van der Waals surface area contributed by atoms with E-state index in [0.29, 0.717) is 12.2 Å². The molecule has 2 aromatic rings. The van der Waals surface area contributed by atoms with Crippen LogP contribution in [0.25, 0.3) is 0 Å². The van der Waals surface area contributed by atoms with Crippen molar-refractivity contribution >= 4 is 11.7 Å². The molecule has 2 rings (SSSR count). The summed E-state index contributed by atoms with van der Waals surface area (Å²) in [7, 11) is 1.77. The lowest BCUT2D eigenvalue weighted by atomic mass is 10.2. The number of hydrogen-bond donors (Lipinski definition) is 1. The second-order valence-corrected chi connectivity index (χ2v) is 4.46. The van der Waals surface area contributed by atoms with Gasteiger partial charge in [-0.1, -0.05) is 6.07 Å². The van der Waals surface area contributed by atoms with Gasteiger partial charge < -0.3 is 10.2 Å². The van der Waals surface area contributed by atoms with E-state index in [1.165, 1.54) is 0 Å². The number of amides is 1. The molecule has 2 aromatic heterocycles. The summed E-state index contributed by atoms with van der Waals surface area (Å²) in [4.78, 5) is 22.2. The zero-order valence-corrected chi connectivity index (χ0v) is 11.7. The van der Waals surface area contributed by atoms with Gasteiger partial charge in [-0.3, -0.25) is 9.78 Å². The van der Waals surface area contributed by atoms with Crippen LogP contribution in [0, 0.1) is 0 Å². The maximum atomic E-state index is 12.3. The summed E-state index contributed by atoms with van der Waals surface area (Å²) in [5.41, 5.74) is 1.48. The molecule has 20 heavy (non-hydrogen) atoms. The lowest BCUT2D eigenvalue weighted by Crippen LogP contribution is -2.27. The van der Waals surface area contributed by atoms with Crippen LogP contribution in [-0.2, 0) is 6.54 Å². The van der Waals surface area contributed by atoms with Gasteiger partial charge in [0.1, 0.15) is 11.5 Å². The van der Waals surface area contributed by atoms with Crippen molar-refractivity contribution in [2.24, 2.45) is 0 Å². The third kappa shape index (κ3) is 3.54. The molecule has 5 heteroatoms. The Morgan fingerprint density at radius 3 is 2.70 bits per heavy atom. The van der Waals surface area contributed by atoms with Gasteiger partial charge in [0.2, 0.25) is 0 Å². The Kier molecular flexibility index (Phi) is 4.65. The highest BCUT2D eigenvalue weighted by Crippen LogP contribution is 2.09. The molecule has 1 N–H and O–H groups in total. The Morgan fingerprint density at radius 2 is 2.00 bits per heavy atom. The monoisotopic (exact) mass is 270 g/mol. The van der Waals surface area contributed by atoms with Crippen LogP contribution in [-0.4, -0.2) is 34.4 Å². The maximum Gasteiger partial charge on any atom is 0.272 e. The maximum absolute atomic E-state index is 12.3. The van der Waals surface area contributed by atoms with Crippen molar-refractivity contribution in [1.29, 1.82) is 0 Å². The minimum Gasteiger partial charge on any atom is -0.370 e. The van der Waals surface area contributed by atoms with E-state index in [1.807, 2.05) is 31.2 Å². The fourth-order valence-corrected chi connectivity index (χ4v) is 1.86. The summed E-state index contributed by atoms with van der Waals surface area (Å²) in [6.45, 7) is 3.30. The number of anilines is 1. The molecule has 0 aliphatic rings. The van der Waals surface area contributed by atoms with E-state index in [0.717, 1.165) is 17.9 Å². The van der Waals surface area contributed by atoms with Crippen LogP contribution in [0.5, 0.6) is 0 Å². The largest absolute Gasteiger partial charge is 0.370 e. The Balaban J connectivity index is 2.08. The number of rotatable bonds is 5. The van der Waals surface area contributed by atoms with Crippen LogP contribution in [0.3, 0.4) is 0 Å². The average molecular weight is 270 g/mol. The highest BCUT2D eigenvalue weighted by Gasteiger charge is 2.13. The van der Waals surface area contributed by atoms with Crippen LogP contribution >= 0.6 is 0 Å². The van der Waals surface area contributed by atoms with Crippen LogP contribution in [0.1, 0.15) is 23.0 Å². The van der Waals surface area contributed by atoms with Gasteiger partial charge in [-0.2, -0.15) is 0 Å². The van der Waals surface area contributed by atoms with E-state index < -0.39 is 0 Å². The van der Waals surface area contributed by atoms with Crippen molar-refractivity contribution in [1.82, 2.24) is 14.9 Å². The molecular formula is C15H18N4O. The molecule has 5 nitrogen and oxygen atoms in total. The lowest BCUT2D eigenvalue weighted by Gasteiger charge is -2.17. The molecule has 2 heterocycles. The molecule has 0 saturated heterocycles. The van der Waals surface area contributed by atoms with Crippen LogP contribution in [0.2, 0.25) is 0 Å². The number of nitrogens with zero attached hydrogens (tertiary/aromatic N) is 3. The Morgan fingerprint density at radius 1 is 1.25 bits per heavy atom. The summed E-state index contributed by atoms with van der Waals surface area (Å²) >= 11 is 0. The highest BCUT2D eigenvalue weighted by atomic mass is 16.2. The first-order valence-electron chi connectivity index (χ1n) is 6.56. The van der Waals surface area contributed by atoms with E-state index in [4.69, 9.17) is 0 Å². The van der Waals surface area contributed by atoms with Gasteiger partial charge in [-0.25, -0.2) is 4.98 Å². The summed E-state index contributed by atoms with van der Waals surface area (Å²) in [5, 5.41) is 3.10. The molecular weight excluding hydrogens is 252 g/mol. The van der Waals surface area contributed by atoms with Crippen LogP contribution in [0.15, 0.2) is 42.7 Å². The summed E-state index contributed by atoms with van der Waals surface area (Å²) < 4.78 is 0. The van der Waals surface area contributed by atoms with Crippen molar-refractivity contribution in [3.8, 4) is 0 Å². The number of carbonyl (C=O) groups is 1. The van der Waals surface area contributed by atoms with E-state index in [-0.39, 0.29) is 5.91 Å². The standard InChI is InChI=1S/C15H18N4O/c1-3-17-14-6-4-5-13(18-14)15(20)19(2)11-12-7-9-16-10-8-12/h4-10H,3,11H2,1-2H3,(H,17,18). The number of pyridine rings is 2. The molecule has 1 amide bonds. The lowest BCUT2D eigenvalue weighted by molar-refractivity contribution is 0.0779. The SMILES string of the molecule is CCNc1cccc(C(=O)N(C)Cc2ccncc2)n1. The van der Waals surface area contributed by atoms with Crippen molar-refractivity contribution in [2.75, 3.05) is 18.9 Å². The minimum atomic E-state index is -0.0958. The topological polar surface area (TPSA) is 58.1 Å². The van der Waals surface area contributed by atoms with Gasteiger partial charge in [-0.05, 0) is 36.8 Å². The molecule has 0 bridgehead atoms. The molecule has 0 aliphatic carbocycles. The van der Waals surface area contributed by atoms with Gasteiger partial charge >= 0.3 is 0 Å². The fourth-order valence-electron chi connectivity index (χ4n) is 1.86. The second kappa shape index (κ2) is 6.65. The molecule has 0 radical (unpaired) electrons. The van der Waals surface area contributed by atoms with E-state index >= 15 is 0 Å². The summed E-state index contributed by atoms with van der Waals surface area (Å²) in [6.07, 6.45) is 3.44. The zero-order chi connectivity index (χ0) is 14.4. The van der Waals surface area contributed by atoms with Gasteiger partial charge in [0.25, 0.3) is 5.91 Å². The van der Waals surface area contributed by atoms with Crippen molar-refractivity contribution in [2.45, 2.75) is 13.5 Å².